The van der Waals surface area contributed by atoms with E-state index in [9.17, 15) is 4.79 Å². The highest BCUT2D eigenvalue weighted by molar-refractivity contribution is 6.35. The first-order chi connectivity index (χ1) is 8.13. The minimum absolute atomic E-state index is 0.0249. The van der Waals surface area contributed by atoms with E-state index in [-0.39, 0.29) is 12.5 Å². The lowest BCUT2D eigenvalue weighted by molar-refractivity contribution is -0.116. The lowest BCUT2D eigenvalue weighted by Gasteiger charge is -2.05. The lowest BCUT2D eigenvalue weighted by atomic mass is 10.3. The van der Waals surface area contributed by atoms with Crippen LogP contribution >= 0.6 is 23.2 Å². The Kier molecular flexibility index (Phi) is 3.55. The van der Waals surface area contributed by atoms with Crippen LogP contribution in [0.4, 0.5) is 5.69 Å². The Morgan fingerprint density at radius 1 is 1.29 bits per heavy atom. The van der Waals surface area contributed by atoms with Crippen molar-refractivity contribution in [3.8, 4) is 0 Å². The number of aromatic nitrogens is 4. The minimum atomic E-state index is -0.268. The van der Waals surface area contributed by atoms with Crippen LogP contribution in [-0.4, -0.2) is 26.1 Å². The third-order valence-electron chi connectivity index (χ3n) is 1.84. The van der Waals surface area contributed by atoms with Gasteiger partial charge in [-0.1, -0.05) is 23.2 Å². The van der Waals surface area contributed by atoms with E-state index in [1.165, 1.54) is 11.0 Å². The molecule has 8 heteroatoms. The molecule has 2 aromatic rings. The van der Waals surface area contributed by atoms with Gasteiger partial charge in [0.25, 0.3) is 0 Å². The molecule has 0 saturated carbocycles. The average Bonchev–Trinajstić information content (AvgIpc) is 2.67. The summed E-state index contributed by atoms with van der Waals surface area (Å²) in [7, 11) is 0. The van der Waals surface area contributed by atoms with Crippen molar-refractivity contribution in [3.05, 3.63) is 34.6 Å². The fourth-order valence-electron chi connectivity index (χ4n) is 1.23. The van der Waals surface area contributed by atoms with E-state index in [1.54, 1.807) is 18.2 Å². The number of nitrogens with zero attached hydrogens (tertiary/aromatic N) is 4. The van der Waals surface area contributed by atoms with Gasteiger partial charge in [-0.15, -0.1) is 5.10 Å². The number of halogens is 2. The van der Waals surface area contributed by atoms with Crippen LogP contribution in [0.1, 0.15) is 0 Å². The van der Waals surface area contributed by atoms with Crippen molar-refractivity contribution < 1.29 is 4.79 Å². The molecule has 0 spiro atoms. The fraction of sp³-hybridized carbons (Fsp3) is 0.111. The average molecular weight is 272 g/mol. The SMILES string of the molecule is O=C(Cn1cnnn1)Nc1cc(Cl)cc(Cl)c1. The molecule has 0 bridgehead atoms. The largest absolute Gasteiger partial charge is 0.324 e. The van der Waals surface area contributed by atoms with Crippen molar-refractivity contribution in [2.75, 3.05) is 5.32 Å². The molecule has 6 nitrogen and oxygen atoms in total. The van der Waals surface area contributed by atoms with Crippen molar-refractivity contribution in [1.29, 1.82) is 0 Å². The molecule has 0 fully saturated rings. The number of rotatable bonds is 3. The van der Waals surface area contributed by atoms with E-state index in [0.29, 0.717) is 15.7 Å². The Morgan fingerprint density at radius 2 is 2.00 bits per heavy atom. The number of tetrazole rings is 1. The maximum Gasteiger partial charge on any atom is 0.246 e. The molecule has 1 aromatic heterocycles. The highest BCUT2D eigenvalue weighted by Crippen LogP contribution is 2.22. The summed E-state index contributed by atoms with van der Waals surface area (Å²) in [5.74, 6) is -0.268. The van der Waals surface area contributed by atoms with Crippen molar-refractivity contribution in [2.24, 2.45) is 0 Å². The lowest BCUT2D eigenvalue weighted by Crippen LogP contribution is -2.19. The second-order valence-corrected chi connectivity index (χ2v) is 4.09. The summed E-state index contributed by atoms with van der Waals surface area (Å²) in [6, 6.07) is 4.79. The van der Waals surface area contributed by atoms with Crippen LogP contribution in [0.5, 0.6) is 0 Å². The van der Waals surface area contributed by atoms with Gasteiger partial charge >= 0.3 is 0 Å². The van der Waals surface area contributed by atoms with Gasteiger partial charge in [0.05, 0.1) is 0 Å². The number of carbonyl (C=O) groups is 1. The van der Waals surface area contributed by atoms with Gasteiger partial charge in [-0.3, -0.25) is 4.79 Å². The number of carbonyl (C=O) groups excluding carboxylic acids is 1. The molecule has 0 radical (unpaired) electrons. The van der Waals surface area contributed by atoms with Crippen molar-refractivity contribution in [1.82, 2.24) is 20.2 Å². The van der Waals surface area contributed by atoms with Gasteiger partial charge in [-0.25, -0.2) is 4.68 Å². The summed E-state index contributed by atoms with van der Waals surface area (Å²) >= 11 is 11.6. The third-order valence-corrected chi connectivity index (χ3v) is 2.28. The number of anilines is 1. The molecular formula is C9H7Cl2N5O. The first-order valence-electron chi connectivity index (χ1n) is 4.60. The molecule has 2 rings (SSSR count). The molecule has 0 aliphatic carbocycles. The predicted octanol–water partition coefficient (Wildman–Crippen LogP) is 1.62. The first kappa shape index (κ1) is 11.8. The summed E-state index contributed by atoms with van der Waals surface area (Å²) in [6.45, 7) is 0.0249. The molecule has 0 saturated heterocycles. The van der Waals surface area contributed by atoms with Crippen LogP contribution in [0.15, 0.2) is 24.5 Å². The van der Waals surface area contributed by atoms with E-state index < -0.39 is 0 Å². The molecule has 1 heterocycles. The Labute approximate surface area is 107 Å². The van der Waals surface area contributed by atoms with Crippen LogP contribution in [0, 0.1) is 0 Å². The van der Waals surface area contributed by atoms with Gasteiger partial charge in [0.1, 0.15) is 12.9 Å². The van der Waals surface area contributed by atoms with E-state index in [0.717, 1.165) is 0 Å². The number of hydrogen-bond donors (Lipinski definition) is 1. The molecule has 0 aliphatic rings. The zero-order valence-electron chi connectivity index (χ0n) is 8.47. The fourth-order valence-corrected chi connectivity index (χ4v) is 1.75. The summed E-state index contributed by atoms with van der Waals surface area (Å²) in [5, 5.41) is 14.0. The molecule has 0 aliphatic heterocycles. The normalized spacial score (nSPS) is 10.2. The van der Waals surface area contributed by atoms with Crippen LogP contribution in [-0.2, 0) is 11.3 Å². The minimum Gasteiger partial charge on any atom is -0.324 e. The van der Waals surface area contributed by atoms with Crippen molar-refractivity contribution in [2.45, 2.75) is 6.54 Å². The van der Waals surface area contributed by atoms with Gasteiger partial charge in [0.2, 0.25) is 5.91 Å². The zero-order chi connectivity index (χ0) is 12.3. The van der Waals surface area contributed by atoms with Gasteiger partial charge in [-0.05, 0) is 28.6 Å². The standard InChI is InChI=1S/C9H7Cl2N5O/c10-6-1-7(11)3-8(2-6)13-9(17)4-16-5-12-14-15-16/h1-3,5H,4H2,(H,13,17). The monoisotopic (exact) mass is 271 g/mol. The molecule has 1 aromatic carbocycles. The second-order valence-electron chi connectivity index (χ2n) is 3.21. The van der Waals surface area contributed by atoms with Crippen molar-refractivity contribution >= 4 is 34.8 Å². The highest BCUT2D eigenvalue weighted by atomic mass is 35.5. The molecular weight excluding hydrogens is 265 g/mol. The van der Waals surface area contributed by atoms with E-state index in [1.807, 2.05) is 0 Å². The zero-order valence-corrected chi connectivity index (χ0v) is 9.98. The van der Waals surface area contributed by atoms with Gasteiger partial charge < -0.3 is 5.32 Å². The van der Waals surface area contributed by atoms with Gasteiger partial charge in [-0.2, -0.15) is 0 Å². The summed E-state index contributed by atoms with van der Waals surface area (Å²) in [4.78, 5) is 11.6. The number of benzene rings is 1. The quantitative estimate of drug-likeness (QED) is 0.921. The predicted molar refractivity (Wildman–Crippen MR) is 62.9 cm³/mol. The molecule has 1 amide bonds. The summed E-state index contributed by atoms with van der Waals surface area (Å²) in [6.07, 6.45) is 1.35. The van der Waals surface area contributed by atoms with Crippen LogP contribution in [0.2, 0.25) is 10.0 Å². The van der Waals surface area contributed by atoms with Crippen LogP contribution in [0.3, 0.4) is 0 Å². The summed E-state index contributed by atoms with van der Waals surface area (Å²) in [5.41, 5.74) is 0.528. The highest BCUT2D eigenvalue weighted by Gasteiger charge is 2.05. The molecule has 1 N–H and O–H groups in total. The molecule has 0 atom stereocenters. The van der Waals surface area contributed by atoms with Gasteiger partial charge in [0.15, 0.2) is 0 Å². The molecule has 0 unspecified atom stereocenters. The Hall–Kier alpha value is -1.66. The number of amides is 1. The smallest absolute Gasteiger partial charge is 0.246 e. The first-order valence-corrected chi connectivity index (χ1v) is 5.36. The van der Waals surface area contributed by atoms with Crippen LogP contribution < -0.4 is 5.32 Å². The topological polar surface area (TPSA) is 72.7 Å². The Morgan fingerprint density at radius 3 is 2.59 bits per heavy atom. The number of hydrogen-bond acceptors (Lipinski definition) is 4. The Balaban J connectivity index is 2.03. The summed E-state index contributed by atoms with van der Waals surface area (Å²) < 4.78 is 1.31. The van der Waals surface area contributed by atoms with Gasteiger partial charge in [0, 0.05) is 15.7 Å². The second kappa shape index (κ2) is 5.11. The van der Waals surface area contributed by atoms with E-state index in [4.69, 9.17) is 23.2 Å². The maximum absolute atomic E-state index is 11.6. The van der Waals surface area contributed by atoms with E-state index in [2.05, 4.69) is 20.8 Å². The number of nitrogens with one attached hydrogen (secondary N) is 1. The molecule has 88 valence electrons. The third kappa shape index (κ3) is 3.40. The van der Waals surface area contributed by atoms with Crippen molar-refractivity contribution in [3.63, 3.8) is 0 Å². The Bertz CT molecular complexity index is 508. The maximum atomic E-state index is 11.6. The molecule has 17 heavy (non-hydrogen) atoms. The van der Waals surface area contributed by atoms with Crippen LogP contribution in [0.25, 0.3) is 0 Å². The van der Waals surface area contributed by atoms with E-state index >= 15 is 0 Å².